The van der Waals surface area contributed by atoms with Gasteiger partial charge in [0.2, 0.25) is 9.84 Å². The summed E-state index contributed by atoms with van der Waals surface area (Å²) in [4.78, 5) is 3.25. The molecular weight excluding hydrogens is 447 g/mol. The van der Waals surface area contributed by atoms with Crippen LogP contribution >= 0.6 is 23.2 Å². The molecule has 4 rings (SSSR count). The number of nitrogens with two attached hydrogens (primary N) is 1. The lowest BCUT2D eigenvalue weighted by molar-refractivity contribution is 0.414. The molecule has 154 valence electrons. The number of methoxy groups -OCH3 is 1. The summed E-state index contributed by atoms with van der Waals surface area (Å²) >= 11 is 12.4. The molecule has 30 heavy (non-hydrogen) atoms. The molecule has 6 nitrogen and oxygen atoms in total. The molecular formula is C21H16Cl2N2O4S. The van der Waals surface area contributed by atoms with Gasteiger partial charge in [-0.2, -0.15) is 0 Å². The average molecular weight is 463 g/mol. The van der Waals surface area contributed by atoms with Crippen molar-refractivity contribution in [3.63, 3.8) is 0 Å². The van der Waals surface area contributed by atoms with E-state index in [1.165, 1.54) is 25.4 Å². The lowest BCUT2D eigenvalue weighted by Crippen LogP contribution is -2.01. The molecule has 0 atom stereocenters. The maximum absolute atomic E-state index is 13.2. The Morgan fingerprint density at radius 3 is 2.37 bits per heavy atom. The van der Waals surface area contributed by atoms with Crippen molar-refractivity contribution in [3.05, 3.63) is 70.8 Å². The molecule has 0 fully saturated rings. The van der Waals surface area contributed by atoms with Crippen molar-refractivity contribution < 1.29 is 17.9 Å². The monoisotopic (exact) mass is 462 g/mol. The number of aromatic amines is 1. The molecule has 3 aromatic carbocycles. The minimum absolute atomic E-state index is 0.123. The number of hydrogen-bond acceptors (Lipinski definition) is 5. The van der Waals surface area contributed by atoms with E-state index in [1.54, 1.807) is 42.5 Å². The van der Waals surface area contributed by atoms with E-state index in [9.17, 15) is 8.42 Å². The lowest BCUT2D eigenvalue weighted by atomic mass is 10.2. The van der Waals surface area contributed by atoms with Crippen LogP contribution in [0, 0.1) is 0 Å². The SMILES string of the molecule is COc1ccc(S(=O)(=O)c2c[nH]c3ccc(Oc4c(Cl)ccc(N)c4Cl)cc23)cc1. The van der Waals surface area contributed by atoms with Gasteiger partial charge in [-0.05, 0) is 54.6 Å². The van der Waals surface area contributed by atoms with Gasteiger partial charge in [0.25, 0.3) is 0 Å². The van der Waals surface area contributed by atoms with Crippen LogP contribution in [0.3, 0.4) is 0 Å². The third-order valence-corrected chi connectivity index (χ3v) is 7.07. The first-order valence-corrected chi connectivity index (χ1v) is 11.0. The van der Waals surface area contributed by atoms with Crippen LogP contribution in [0.2, 0.25) is 10.0 Å². The van der Waals surface area contributed by atoms with Gasteiger partial charge < -0.3 is 20.2 Å². The van der Waals surface area contributed by atoms with Crippen molar-refractivity contribution in [2.75, 3.05) is 12.8 Å². The van der Waals surface area contributed by atoms with E-state index in [1.807, 2.05) is 0 Å². The van der Waals surface area contributed by atoms with Crippen LogP contribution in [0.15, 0.2) is 70.6 Å². The molecule has 0 spiro atoms. The first kappa shape index (κ1) is 20.4. The minimum atomic E-state index is -3.77. The molecule has 0 aliphatic carbocycles. The number of benzene rings is 3. The van der Waals surface area contributed by atoms with E-state index >= 15 is 0 Å². The Kier molecular flexibility index (Phi) is 5.27. The molecule has 0 aliphatic heterocycles. The number of nitrogens with one attached hydrogen (secondary N) is 1. The Morgan fingerprint density at radius 2 is 1.67 bits per heavy atom. The molecule has 4 aromatic rings. The van der Waals surface area contributed by atoms with Gasteiger partial charge in [0, 0.05) is 17.1 Å². The van der Waals surface area contributed by atoms with Gasteiger partial charge >= 0.3 is 0 Å². The number of hydrogen-bond donors (Lipinski definition) is 2. The number of sulfone groups is 1. The summed E-state index contributed by atoms with van der Waals surface area (Å²) in [7, 11) is -2.26. The normalized spacial score (nSPS) is 11.6. The highest BCUT2D eigenvalue weighted by atomic mass is 35.5. The van der Waals surface area contributed by atoms with Crippen LogP contribution in [0.4, 0.5) is 5.69 Å². The summed E-state index contributed by atoms with van der Waals surface area (Å²) in [6.07, 6.45) is 1.45. The maximum atomic E-state index is 13.2. The third kappa shape index (κ3) is 3.56. The maximum Gasteiger partial charge on any atom is 0.208 e. The quantitative estimate of drug-likeness (QED) is 0.371. The Balaban J connectivity index is 1.77. The summed E-state index contributed by atoms with van der Waals surface area (Å²) in [5.74, 6) is 1.13. The number of aromatic nitrogens is 1. The molecule has 3 N–H and O–H groups in total. The van der Waals surface area contributed by atoms with Gasteiger partial charge in [0.1, 0.15) is 16.5 Å². The smallest absolute Gasteiger partial charge is 0.208 e. The van der Waals surface area contributed by atoms with Gasteiger partial charge in [-0.25, -0.2) is 8.42 Å². The Bertz CT molecular complexity index is 1350. The number of nitrogen functional groups attached to an aromatic ring is 1. The highest BCUT2D eigenvalue weighted by Gasteiger charge is 2.22. The van der Waals surface area contributed by atoms with Crippen LogP contribution in [0.5, 0.6) is 17.2 Å². The highest BCUT2D eigenvalue weighted by molar-refractivity contribution is 7.91. The number of fused-ring (bicyclic) bond motifs is 1. The fraction of sp³-hybridized carbons (Fsp3) is 0.0476. The summed E-state index contributed by atoms with van der Waals surface area (Å²) < 4.78 is 37.3. The second-order valence-electron chi connectivity index (χ2n) is 6.42. The number of ether oxygens (including phenoxy) is 2. The van der Waals surface area contributed by atoms with E-state index in [4.69, 9.17) is 38.4 Å². The summed E-state index contributed by atoms with van der Waals surface area (Å²) in [6, 6.07) is 14.3. The summed E-state index contributed by atoms with van der Waals surface area (Å²) in [5.41, 5.74) is 6.78. The van der Waals surface area contributed by atoms with Gasteiger partial charge in [0.05, 0.1) is 27.6 Å². The molecule has 1 aromatic heterocycles. The molecule has 0 unspecified atom stereocenters. The Labute approximate surface area is 183 Å². The minimum Gasteiger partial charge on any atom is -0.497 e. The van der Waals surface area contributed by atoms with E-state index < -0.39 is 9.84 Å². The average Bonchev–Trinajstić information content (AvgIpc) is 3.18. The van der Waals surface area contributed by atoms with Gasteiger partial charge in [-0.1, -0.05) is 23.2 Å². The van der Waals surface area contributed by atoms with Crippen molar-refractivity contribution in [1.82, 2.24) is 4.98 Å². The molecule has 1 heterocycles. The first-order valence-electron chi connectivity index (χ1n) is 8.73. The number of halogens is 2. The zero-order valence-electron chi connectivity index (χ0n) is 15.6. The Morgan fingerprint density at radius 1 is 0.967 bits per heavy atom. The van der Waals surface area contributed by atoms with E-state index in [0.717, 1.165) is 0 Å². The molecule has 0 saturated carbocycles. The summed E-state index contributed by atoms with van der Waals surface area (Å²) in [6.45, 7) is 0. The summed E-state index contributed by atoms with van der Waals surface area (Å²) in [5, 5.41) is 0.941. The Hall–Kier alpha value is -2.87. The zero-order valence-corrected chi connectivity index (χ0v) is 18.0. The predicted octanol–water partition coefficient (Wildman–Crippen LogP) is 5.69. The van der Waals surface area contributed by atoms with Crippen LogP contribution in [0.1, 0.15) is 0 Å². The number of anilines is 1. The first-order chi connectivity index (χ1) is 14.3. The second kappa shape index (κ2) is 7.75. The molecule has 0 aliphatic rings. The van der Waals surface area contributed by atoms with Crippen molar-refractivity contribution in [1.29, 1.82) is 0 Å². The fourth-order valence-corrected chi connectivity index (χ4v) is 4.87. The highest BCUT2D eigenvalue weighted by Crippen LogP contribution is 2.41. The molecule has 0 saturated heterocycles. The van der Waals surface area contributed by atoms with E-state index in [-0.39, 0.29) is 25.6 Å². The van der Waals surface area contributed by atoms with Crippen molar-refractivity contribution >= 4 is 49.6 Å². The fourth-order valence-electron chi connectivity index (χ4n) is 3.00. The molecule has 0 amide bonds. The predicted molar refractivity (Wildman–Crippen MR) is 118 cm³/mol. The number of rotatable bonds is 5. The standard InChI is InChI=1S/C21H16Cl2N2O4S/c1-28-12-2-5-14(6-3-12)30(26,27)19-11-25-18-9-4-13(10-15(18)19)29-21-16(22)7-8-17(24)20(21)23/h2-11,25H,24H2,1H3. The van der Waals surface area contributed by atoms with Crippen LogP contribution in [-0.2, 0) is 9.84 Å². The second-order valence-corrected chi connectivity index (χ2v) is 9.12. The van der Waals surface area contributed by atoms with Crippen molar-refractivity contribution in [2.24, 2.45) is 0 Å². The van der Waals surface area contributed by atoms with Crippen LogP contribution < -0.4 is 15.2 Å². The molecule has 0 bridgehead atoms. The molecule has 9 heteroatoms. The van der Waals surface area contributed by atoms with Crippen molar-refractivity contribution in [2.45, 2.75) is 9.79 Å². The third-order valence-electron chi connectivity index (χ3n) is 4.57. The topological polar surface area (TPSA) is 94.4 Å². The van der Waals surface area contributed by atoms with E-state index in [0.29, 0.717) is 28.1 Å². The van der Waals surface area contributed by atoms with Crippen LogP contribution in [-0.4, -0.2) is 20.5 Å². The van der Waals surface area contributed by atoms with Gasteiger partial charge in [0.15, 0.2) is 5.75 Å². The van der Waals surface area contributed by atoms with Crippen molar-refractivity contribution in [3.8, 4) is 17.2 Å². The van der Waals surface area contributed by atoms with Crippen LogP contribution in [0.25, 0.3) is 10.9 Å². The zero-order chi connectivity index (χ0) is 21.5. The molecule has 0 radical (unpaired) electrons. The number of H-pyrrole nitrogens is 1. The van der Waals surface area contributed by atoms with Gasteiger partial charge in [-0.3, -0.25) is 0 Å². The largest absolute Gasteiger partial charge is 0.497 e. The lowest BCUT2D eigenvalue weighted by Gasteiger charge is -2.11. The van der Waals surface area contributed by atoms with E-state index in [2.05, 4.69) is 4.98 Å². The van der Waals surface area contributed by atoms with Gasteiger partial charge in [-0.15, -0.1) is 0 Å².